The molecule has 0 saturated heterocycles. The number of amides is 1. The van der Waals surface area contributed by atoms with Gasteiger partial charge in [0.05, 0.1) is 17.9 Å². The molecule has 2 rings (SSSR count). The van der Waals surface area contributed by atoms with Crippen molar-refractivity contribution in [2.45, 2.75) is 19.8 Å². The highest BCUT2D eigenvalue weighted by Gasteiger charge is 2.11. The van der Waals surface area contributed by atoms with Gasteiger partial charge in [0.2, 0.25) is 0 Å². The molecule has 0 aliphatic rings. The van der Waals surface area contributed by atoms with E-state index < -0.39 is 5.97 Å². The Morgan fingerprint density at radius 2 is 2.05 bits per heavy atom. The van der Waals surface area contributed by atoms with Crippen LogP contribution >= 0.6 is 11.5 Å². The van der Waals surface area contributed by atoms with E-state index >= 15 is 0 Å². The number of rotatable bonds is 7. The molecule has 0 radical (unpaired) electrons. The zero-order valence-electron chi connectivity index (χ0n) is 12.0. The number of nitrogens with one attached hydrogen (secondary N) is 1. The predicted molar refractivity (Wildman–Crippen MR) is 83.6 cm³/mol. The van der Waals surface area contributed by atoms with Crippen LogP contribution in [-0.4, -0.2) is 28.0 Å². The summed E-state index contributed by atoms with van der Waals surface area (Å²) in [6.45, 7) is 2.14. The summed E-state index contributed by atoms with van der Waals surface area (Å²) in [5, 5.41) is 13.0. The van der Waals surface area contributed by atoms with Gasteiger partial charge in [-0.25, -0.2) is 0 Å². The topological polar surface area (TPSA) is 88.5 Å². The summed E-state index contributed by atoms with van der Waals surface area (Å²) < 4.78 is 9.49. The summed E-state index contributed by atoms with van der Waals surface area (Å²) in [5.41, 5.74) is 1.94. The van der Waals surface area contributed by atoms with Gasteiger partial charge in [-0.1, -0.05) is 0 Å². The Morgan fingerprint density at radius 1 is 1.32 bits per heavy atom. The number of hydrogen-bond acceptors (Lipinski definition) is 5. The van der Waals surface area contributed by atoms with E-state index in [0.29, 0.717) is 35.7 Å². The van der Waals surface area contributed by atoms with Crippen LogP contribution in [0, 0.1) is 6.92 Å². The normalized spacial score (nSPS) is 10.2. The summed E-state index contributed by atoms with van der Waals surface area (Å²) >= 11 is 1.25. The summed E-state index contributed by atoms with van der Waals surface area (Å²) in [6.07, 6.45) is 0.542. The van der Waals surface area contributed by atoms with Gasteiger partial charge in [0.15, 0.2) is 0 Å². The van der Waals surface area contributed by atoms with Crippen LogP contribution in [-0.2, 0) is 4.79 Å². The number of hydrogen-bond donors (Lipinski definition) is 2. The van der Waals surface area contributed by atoms with E-state index in [9.17, 15) is 9.59 Å². The van der Waals surface area contributed by atoms with E-state index in [1.165, 1.54) is 11.5 Å². The van der Waals surface area contributed by atoms with Gasteiger partial charge in [-0.2, -0.15) is 4.37 Å². The summed E-state index contributed by atoms with van der Waals surface area (Å²) in [5.74, 6) is -0.391. The van der Waals surface area contributed by atoms with Crippen molar-refractivity contribution in [2.75, 3.05) is 11.9 Å². The maximum absolute atomic E-state index is 12.0. The highest BCUT2D eigenvalue weighted by molar-refractivity contribution is 7.04. The molecule has 116 valence electrons. The molecule has 2 aromatic rings. The minimum atomic E-state index is -0.833. The molecule has 0 unspecified atom stereocenters. The highest BCUT2D eigenvalue weighted by Crippen LogP contribution is 2.18. The lowest BCUT2D eigenvalue weighted by atomic mass is 10.2. The smallest absolute Gasteiger partial charge is 0.303 e. The predicted octanol–water partition coefficient (Wildman–Crippen LogP) is 2.95. The Bertz CT molecular complexity index is 652. The fourth-order valence-corrected chi connectivity index (χ4v) is 2.45. The molecule has 1 amide bonds. The lowest BCUT2D eigenvalue weighted by molar-refractivity contribution is -0.137. The first-order valence-electron chi connectivity index (χ1n) is 6.73. The van der Waals surface area contributed by atoms with Crippen molar-refractivity contribution in [3.05, 3.63) is 40.9 Å². The van der Waals surface area contributed by atoms with E-state index in [4.69, 9.17) is 9.84 Å². The number of carbonyl (C=O) groups excluding carboxylic acids is 1. The number of carboxylic acids is 1. The molecule has 0 fully saturated rings. The van der Waals surface area contributed by atoms with Crippen LogP contribution in [0.15, 0.2) is 29.6 Å². The molecule has 0 aliphatic heterocycles. The van der Waals surface area contributed by atoms with Crippen molar-refractivity contribution in [1.29, 1.82) is 0 Å². The van der Waals surface area contributed by atoms with Gasteiger partial charge in [0.1, 0.15) is 5.75 Å². The van der Waals surface area contributed by atoms with Crippen molar-refractivity contribution in [1.82, 2.24) is 4.37 Å². The van der Waals surface area contributed by atoms with Crippen molar-refractivity contribution >= 4 is 29.1 Å². The van der Waals surface area contributed by atoms with E-state index in [1.807, 2.05) is 0 Å². The zero-order chi connectivity index (χ0) is 15.9. The van der Waals surface area contributed by atoms with Gasteiger partial charge in [-0.15, -0.1) is 0 Å². The first kappa shape index (κ1) is 16.0. The molecule has 2 N–H and O–H groups in total. The molecule has 0 bridgehead atoms. The SMILES string of the molecule is Cc1nscc1C(=O)Nc1ccc(OCCCC(=O)O)cc1. The van der Waals surface area contributed by atoms with E-state index in [2.05, 4.69) is 9.69 Å². The molecular weight excluding hydrogens is 304 g/mol. The molecule has 0 saturated carbocycles. The molecule has 0 aliphatic carbocycles. The first-order chi connectivity index (χ1) is 10.6. The third-order valence-electron chi connectivity index (χ3n) is 2.91. The van der Waals surface area contributed by atoms with Crippen LogP contribution in [0.5, 0.6) is 5.75 Å². The number of aryl methyl sites for hydroxylation is 1. The molecule has 7 heteroatoms. The summed E-state index contributed by atoms with van der Waals surface area (Å²) in [4.78, 5) is 22.4. The van der Waals surface area contributed by atoms with Crippen LogP contribution in [0.2, 0.25) is 0 Å². The monoisotopic (exact) mass is 320 g/mol. The van der Waals surface area contributed by atoms with Crippen LogP contribution in [0.3, 0.4) is 0 Å². The number of ether oxygens (including phenoxy) is 1. The fraction of sp³-hybridized carbons (Fsp3) is 0.267. The average molecular weight is 320 g/mol. The molecule has 1 heterocycles. The number of carbonyl (C=O) groups is 2. The fourth-order valence-electron chi connectivity index (χ4n) is 1.76. The van der Waals surface area contributed by atoms with Crippen LogP contribution in [0.1, 0.15) is 28.9 Å². The molecule has 22 heavy (non-hydrogen) atoms. The third kappa shape index (κ3) is 4.56. The maximum Gasteiger partial charge on any atom is 0.303 e. The molecular formula is C15H16N2O4S. The van der Waals surface area contributed by atoms with Gasteiger partial charge in [-0.05, 0) is 49.1 Å². The van der Waals surface area contributed by atoms with Gasteiger partial charge < -0.3 is 15.2 Å². The minimum Gasteiger partial charge on any atom is -0.494 e. The van der Waals surface area contributed by atoms with E-state index in [1.54, 1.807) is 36.6 Å². The lowest BCUT2D eigenvalue weighted by Crippen LogP contribution is -2.12. The van der Waals surface area contributed by atoms with Crippen LogP contribution < -0.4 is 10.1 Å². The molecule has 6 nitrogen and oxygen atoms in total. The Morgan fingerprint density at radius 3 is 2.64 bits per heavy atom. The van der Waals surface area contributed by atoms with Crippen molar-refractivity contribution in [3.8, 4) is 5.75 Å². The number of anilines is 1. The van der Waals surface area contributed by atoms with Crippen molar-refractivity contribution < 1.29 is 19.4 Å². The Kier molecular flexibility index (Phi) is 5.48. The van der Waals surface area contributed by atoms with Crippen molar-refractivity contribution in [3.63, 3.8) is 0 Å². The quantitative estimate of drug-likeness (QED) is 0.766. The average Bonchev–Trinajstić information content (AvgIpc) is 2.91. The van der Waals surface area contributed by atoms with Crippen molar-refractivity contribution in [2.24, 2.45) is 0 Å². The van der Waals surface area contributed by atoms with Crippen LogP contribution in [0.25, 0.3) is 0 Å². The first-order valence-corrected chi connectivity index (χ1v) is 7.57. The molecule has 0 spiro atoms. The third-order valence-corrected chi connectivity index (χ3v) is 3.63. The second-order valence-electron chi connectivity index (χ2n) is 4.64. The van der Waals surface area contributed by atoms with Gasteiger partial charge >= 0.3 is 5.97 Å². The van der Waals surface area contributed by atoms with Gasteiger partial charge in [0.25, 0.3) is 5.91 Å². The second kappa shape index (κ2) is 7.56. The number of aliphatic carboxylic acids is 1. The maximum atomic E-state index is 12.0. The largest absolute Gasteiger partial charge is 0.494 e. The van der Waals surface area contributed by atoms with Crippen LogP contribution in [0.4, 0.5) is 5.69 Å². The Hall–Kier alpha value is -2.41. The summed E-state index contributed by atoms with van der Waals surface area (Å²) in [6, 6.07) is 6.93. The number of nitrogens with zero attached hydrogens (tertiary/aromatic N) is 1. The Labute approximate surface area is 131 Å². The standard InChI is InChI=1S/C15H16N2O4S/c1-10-13(9-22-17-10)15(20)16-11-4-6-12(7-5-11)21-8-2-3-14(18)19/h4-7,9H,2-3,8H2,1H3,(H,16,20)(H,18,19). The van der Waals surface area contributed by atoms with E-state index in [-0.39, 0.29) is 12.3 Å². The molecule has 1 aromatic heterocycles. The summed E-state index contributed by atoms with van der Waals surface area (Å²) in [7, 11) is 0. The second-order valence-corrected chi connectivity index (χ2v) is 5.27. The highest BCUT2D eigenvalue weighted by atomic mass is 32.1. The lowest BCUT2D eigenvalue weighted by Gasteiger charge is -2.07. The molecule has 1 aromatic carbocycles. The van der Waals surface area contributed by atoms with E-state index in [0.717, 1.165) is 0 Å². The van der Waals surface area contributed by atoms with Gasteiger partial charge in [0, 0.05) is 17.5 Å². The number of aromatic nitrogens is 1. The van der Waals surface area contributed by atoms with Gasteiger partial charge in [-0.3, -0.25) is 9.59 Å². The Balaban J connectivity index is 1.85. The number of carboxylic acid groups (broad SMARTS) is 1. The zero-order valence-corrected chi connectivity index (χ0v) is 12.9. The minimum absolute atomic E-state index is 0.0855. The number of benzene rings is 1. The molecule has 0 atom stereocenters.